The Morgan fingerprint density at radius 2 is 2.21 bits per heavy atom. The van der Waals surface area contributed by atoms with Gasteiger partial charge in [-0.2, -0.15) is 0 Å². The highest BCUT2D eigenvalue weighted by Crippen LogP contribution is 2.40. The van der Waals surface area contributed by atoms with Crippen molar-refractivity contribution >= 4 is 0 Å². The molecule has 0 bridgehead atoms. The van der Waals surface area contributed by atoms with Crippen LogP contribution in [0.2, 0.25) is 0 Å². The van der Waals surface area contributed by atoms with Gasteiger partial charge in [-0.05, 0) is 36.8 Å². The fourth-order valence-electron chi connectivity index (χ4n) is 2.31. The minimum absolute atomic E-state index is 0.0368. The van der Waals surface area contributed by atoms with E-state index >= 15 is 0 Å². The molecule has 0 saturated carbocycles. The zero-order valence-corrected chi connectivity index (χ0v) is 9.17. The largest absolute Gasteiger partial charge is 0.393 e. The van der Waals surface area contributed by atoms with E-state index in [4.69, 9.17) is 6.42 Å². The first-order valence-electron chi connectivity index (χ1n) is 4.98. The number of aliphatic hydroxyl groups is 1. The smallest absolute Gasteiger partial charge is 0.0585 e. The summed E-state index contributed by atoms with van der Waals surface area (Å²) < 4.78 is 0. The Labute approximate surface area is 86.5 Å². The molecule has 1 atom stereocenters. The van der Waals surface area contributed by atoms with E-state index in [2.05, 4.69) is 26.7 Å². The predicted octanol–water partition coefficient (Wildman–Crippen LogP) is 2.67. The van der Waals surface area contributed by atoms with Gasteiger partial charge >= 0.3 is 0 Å². The lowest BCUT2D eigenvalue weighted by Crippen LogP contribution is -2.28. The van der Waals surface area contributed by atoms with Crippen LogP contribution in [0.15, 0.2) is 23.3 Å². The lowest BCUT2D eigenvalue weighted by atomic mass is 9.71. The van der Waals surface area contributed by atoms with Crippen LogP contribution in [0.25, 0.3) is 0 Å². The van der Waals surface area contributed by atoms with Crippen molar-refractivity contribution in [3.63, 3.8) is 0 Å². The van der Waals surface area contributed by atoms with Crippen molar-refractivity contribution in [1.29, 1.82) is 0 Å². The lowest BCUT2D eigenvalue weighted by molar-refractivity contribution is 0.116. The summed E-state index contributed by atoms with van der Waals surface area (Å²) in [6, 6.07) is 0. The molecule has 1 aliphatic rings. The standard InChI is InChI=1S/C13H18O/c1-5-6-7-12-10(2)8-11(14)9-13(12,3)4/h1,6-7,11,14H,8-9H2,2-4H3. The molecule has 0 spiro atoms. The molecule has 1 unspecified atom stereocenters. The molecule has 0 radical (unpaired) electrons. The summed E-state index contributed by atoms with van der Waals surface area (Å²) in [6.45, 7) is 6.37. The number of rotatable bonds is 1. The Hall–Kier alpha value is -1.00. The van der Waals surface area contributed by atoms with Crippen LogP contribution in [-0.2, 0) is 0 Å². The van der Waals surface area contributed by atoms with Crippen molar-refractivity contribution < 1.29 is 5.11 Å². The van der Waals surface area contributed by atoms with Crippen LogP contribution < -0.4 is 0 Å². The first-order chi connectivity index (χ1) is 6.47. The van der Waals surface area contributed by atoms with Gasteiger partial charge < -0.3 is 5.11 Å². The van der Waals surface area contributed by atoms with Gasteiger partial charge in [0, 0.05) is 0 Å². The number of aliphatic hydroxyl groups excluding tert-OH is 1. The molecule has 1 rings (SSSR count). The maximum atomic E-state index is 9.66. The van der Waals surface area contributed by atoms with Crippen LogP contribution in [0, 0.1) is 17.8 Å². The molecule has 0 aromatic carbocycles. The molecule has 1 heteroatoms. The number of allylic oxidation sites excluding steroid dienone is 3. The molecular weight excluding hydrogens is 172 g/mol. The SMILES string of the molecule is C#CC=CC1=C(C)CC(O)CC1(C)C. The van der Waals surface area contributed by atoms with Crippen molar-refractivity contribution in [1.82, 2.24) is 0 Å². The number of hydrogen-bond donors (Lipinski definition) is 1. The summed E-state index contributed by atoms with van der Waals surface area (Å²) in [5, 5.41) is 9.66. The van der Waals surface area contributed by atoms with Crippen molar-refractivity contribution in [2.75, 3.05) is 0 Å². The topological polar surface area (TPSA) is 20.2 Å². The summed E-state index contributed by atoms with van der Waals surface area (Å²) in [5.74, 6) is 2.51. The van der Waals surface area contributed by atoms with Gasteiger partial charge in [-0.3, -0.25) is 0 Å². The Balaban J connectivity index is 3.04. The minimum Gasteiger partial charge on any atom is -0.393 e. The summed E-state index contributed by atoms with van der Waals surface area (Å²) in [6.07, 6.45) is 10.3. The van der Waals surface area contributed by atoms with Crippen molar-refractivity contribution in [3.05, 3.63) is 23.3 Å². The summed E-state index contributed by atoms with van der Waals surface area (Å²) in [4.78, 5) is 0. The molecule has 0 amide bonds. The van der Waals surface area contributed by atoms with E-state index in [-0.39, 0.29) is 11.5 Å². The monoisotopic (exact) mass is 190 g/mol. The first-order valence-corrected chi connectivity index (χ1v) is 4.98. The molecule has 1 aliphatic carbocycles. The van der Waals surface area contributed by atoms with Gasteiger partial charge in [-0.15, -0.1) is 6.42 Å². The van der Waals surface area contributed by atoms with E-state index in [1.54, 1.807) is 6.08 Å². The normalized spacial score (nSPS) is 26.6. The number of hydrogen-bond acceptors (Lipinski definition) is 1. The van der Waals surface area contributed by atoms with Crippen molar-refractivity contribution in [2.24, 2.45) is 5.41 Å². The zero-order valence-electron chi connectivity index (χ0n) is 9.17. The lowest BCUT2D eigenvalue weighted by Gasteiger charge is -2.35. The van der Waals surface area contributed by atoms with Crippen LogP contribution in [-0.4, -0.2) is 11.2 Å². The van der Waals surface area contributed by atoms with E-state index in [0.717, 1.165) is 12.8 Å². The average molecular weight is 190 g/mol. The highest BCUT2D eigenvalue weighted by molar-refractivity contribution is 5.35. The van der Waals surface area contributed by atoms with Gasteiger partial charge in [0.15, 0.2) is 0 Å². The Kier molecular flexibility index (Phi) is 3.18. The molecule has 0 aromatic heterocycles. The van der Waals surface area contributed by atoms with Crippen molar-refractivity contribution in [3.8, 4) is 12.3 Å². The Morgan fingerprint density at radius 1 is 1.57 bits per heavy atom. The molecule has 0 fully saturated rings. The molecular formula is C13H18O. The van der Waals surface area contributed by atoms with Gasteiger partial charge in [0.2, 0.25) is 0 Å². The van der Waals surface area contributed by atoms with Gasteiger partial charge in [0.1, 0.15) is 0 Å². The summed E-state index contributed by atoms with van der Waals surface area (Å²) in [5.41, 5.74) is 2.57. The predicted molar refractivity (Wildman–Crippen MR) is 59.7 cm³/mol. The highest BCUT2D eigenvalue weighted by atomic mass is 16.3. The molecule has 0 aliphatic heterocycles. The van der Waals surface area contributed by atoms with E-state index in [1.165, 1.54) is 11.1 Å². The Morgan fingerprint density at radius 3 is 2.71 bits per heavy atom. The molecule has 76 valence electrons. The molecule has 0 saturated heterocycles. The second-order valence-electron chi connectivity index (χ2n) is 4.64. The van der Waals surface area contributed by atoms with Crippen LogP contribution in [0.4, 0.5) is 0 Å². The second-order valence-corrected chi connectivity index (χ2v) is 4.64. The van der Waals surface area contributed by atoms with E-state index in [0.29, 0.717) is 0 Å². The molecule has 1 nitrogen and oxygen atoms in total. The van der Waals surface area contributed by atoms with E-state index in [9.17, 15) is 5.11 Å². The second kappa shape index (κ2) is 4.02. The van der Waals surface area contributed by atoms with E-state index in [1.807, 2.05) is 6.08 Å². The zero-order chi connectivity index (χ0) is 10.8. The van der Waals surface area contributed by atoms with Crippen LogP contribution in [0.3, 0.4) is 0 Å². The van der Waals surface area contributed by atoms with Gasteiger partial charge in [0.25, 0.3) is 0 Å². The highest BCUT2D eigenvalue weighted by Gasteiger charge is 2.31. The fourth-order valence-corrected chi connectivity index (χ4v) is 2.31. The first kappa shape index (κ1) is 11.1. The Bertz CT molecular complexity index is 313. The third-order valence-electron chi connectivity index (χ3n) is 2.82. The van der Waals surface area contributed by atoms with E-state index < -0.39 is 0 Å². The summed E-state index contributed by atoms with van der Waals surface area (Å²) in [7, 11) is 0. The minimum atomic E-state index is -0.201. The fraction of sp³-hybridized carbons (Fsp3) is 0.538. The molecule has 1 N–H and O–H groups in total. The molecule has 14 heavy (non-hydrogen) atoms. The summed E-state index contributed by atoms with van der Waals surface area (Å²) >= 11 is 0. The van der Waals surface area contributed by atoms with Gasteiger partial charge in [-0.1, -0.05) is 31.4 Å². The van der Waals surface area contributed by atoms with Gasteiger partial charge in [0.05, 0.1) is 6.10 Å². The molecule has 0 aromatic rings. The maximum Gasteiger partial charge on any atom is 0.0585 e. The number of terminal acetylenes is 1. The van der Waals surface area contributed by atoms with Crippen LogP contribution in [0.1, 0.15) is 33.6 Å². The van der Waals surface area contributed by atoms with Crippen LogP contribution >= 0.6 is 0 Å². The van der Waals surface area contributed by atoms with Crippen LogP contribution in [0.5, 0.6) is 0 Å². The van der Waals surface area contributed by atoms with Crippen molar-refractivity contribution in [2.45, 2.75) is 39.7 Å². The third kappa shape index (κ3) is 2.27. The maximum absolute atomic E-state index is 9.66. The average Bonchev–Trinajstić information content (AvgIpc) is 2.00. The quantitative estimate of drug-likeness (QED) is 0.630. The van der Waals surface area contributed by atoms with Gasteiger partial charge in [-0.25, -0.2) is 0 Å². The third-order valence-corrected chi connectivity index (χ3v) is 2.82. The molecule has 0 heterocycles.